The van der Waals surface area contributed by atoms with Gasteiger partial charge in [-0.1, -0.05) is 25.7 Å². The van der Waals surface area contributed by atoms with Crippen molar-refractivity contribution in [3.63, 3.8) is 0 Å². The molecule has 2 aliphatic rings. The fraction of sp³-hybridized carbons (Fsp3) is 1.00. The number of rotatable bonds is 5. The average molecular weight is 261 g/mol. The molecule has 2 rings (SSSR count). The smallest absolute Gasteiger partial charge is 0.00463 e. The molecule has 2 fully saturated rings. The summed E-state index contributed by atoms with van der Waals surface area (Å²) < 4.78 is 0. The molecule has 2 N–H and O–H groups in total. The molecule has 102 valence electrons. The number of nitrogens with one attached hydrogen (secondary N) is 2. The van der Waals surface area contributed by atoms with Gasteiger partial charge in [-0.3, -0.25) is 0 Å². The SMILES string of the molecule is C(CCC1CCNCC1)CC1CCNCC1.Cl. The summed E-state index contributed by atoms with van der Waals surface area (Å²) in [6, 6.07) is 0. The molecule has 0 aromatic carbocycles. The monoisotopic (exact) mass is 260 g/mol. The molecule has 0 unspecified atom stereocenters. The molecule has 0 aromatic rings. The van der Waals surface area contributed by atoms with Gasteiger partial charge in [0.1, 0.15) is 0 Å². The molecule has 2 saturated heterocycles. The van der Waals surface area contributed by atoms with Gasteiger partial charge in [0.05, 0.1) is 0 Å². The molecule has 0 aliphatic carbocycles. The average Bonchev–Trinajstić information content (AvgIpc) is 2.37. The lowest BCUT2D eigenvalue weighted by Crippen LogP contribution is -2.28. The number of hydrogen-bond donors (Lipinski definition) is 2. The molecule has 2 aliphatic heterocycles. The summed E-state index contributed by atoms with van der Waals surface area (Å²) in [5, 5.41) is 6.90. The first-order chi connectivity index (χ1) is 7.95. The molecule has 0 bridgehead atoms. The number of piperidine rings is 2. The molecule has 0 spiro atoms. The second-order valence-electron chi connectivity index (χ2n) is 5.67. The van der Waals surface area contributed by atoms with E-state index < -0.39 is 0 Å². The van der Waals surface area contributed by atoms with Crippen LogP contribution in [0.25, 0.3) is 0 Å². The van der Waals surface area contributed by atoms with Crippen molar-refractivity contribution in [2.45, 2.75) is 51.4 Å². The highest BCUT2D eigenvalue weighted by Gasteiger charge is 2.14. The van der Waals surface area contributed by atoms with Crippen LogP contribution in [-0.4, -0.2) is 26.2 Å². The van der Waals surface area contributed by atoms with Gasteiger partial charge in [0.2, 0.25) is 0 Å². The Morgan fingerprint density at radius 2 is 1.00 bits per heavy atom. The predicted octanol–water partition coefficient (Wildman–Crippen LogP) is 2.97. The third-order valence-electron chi connectivity index (χ3n) is 4.39. The zero-order valence-corrected chi connectivity index (χ0v) is 11.9. The third kappa shape index (κ3) is 6.08. The quantitative estimate of drug-likeness (QED) is 0.743. The van der Waals surface area contributed by atoms with E-state index in [0.29, 0.717) is 0 Å². The summed E-state index contributed by atoms with van der Waals surface area (Å²) in [7, 11) is 0. The van der Waals surface area contributed by atoms with Crippen molar-refractivity contribution in [1.29, 1.82) is 0 Å². The Kier molecular flexibility index (Phi) is 8.25. The van der Waals surface area contributed by atoms with E-state index in [2.05, 4.69) is 10.6 Å². The molecule has 2 nitrogen and oxygen atoms in total. The van der Waals surface area contributed by atoms with E-state index in [1.165, 1.54) is 77.5 Å². The highest BCUT2D eigenvalue weighted by atomic mass is 35.5. The van der Waals surface area contributed by atoms with Crippen molar-refractivity contribution in [3.05, 3.63) is 0 Å². The van der Waals surface area contributed by atoms with Crippen LogP contribution in [0.2, 0.25) is 0 Å². The maximum absolute atomic E-state index is 3.45. The first kappa shape index (κ1) is 15.3. The second-order valence-corrected chi connectivity index (χ2v) is 5.67. The molecular weight excluding hydrogens is 232 g/mol. The fourth-order valence-electron chi connectivity index (χ4n) is 3.21. The Hall–Kier alpha value is 0.210. The van der Waals surface area contributed by atoms with Crippen LogP contribution >= 0.6 is 12.4 Å². The molecule has 3 heteroatoms. The molecule has 0 radical (unpaired) electrons. The number of unbranched alkanes of at least 4 members (excludes halogenated alkanes) is 1. The van der Waals surface area contributed by atoms with Gasteiger partial charge < -0.3 is 10.6 Å². The van der Waals surface area contributed by atoms with Crippen LogP contribution in [-0.2, 0) is 0 Å². The van der Waals surface area contributed by atoms with Crippen LogP contribution in [0.3, 0.4) is 0 Å². The minimum Gasteiger partial charge on any atom is -0.317 e. The maximum Gasteiger partial charge on any atom is -0.00463 e. The Bertz CT molecular complexity index is 155. The van der Waals surface area contributed by atoms with Gasteiger partial charge in [-0.2, -0.15) is 0 Å². The van der Waals surface area contributed by atoms with Crippen LogP contribution in [0.5, 0.6) is 0 Å². The largest absolute Gasteiger partial charge is 0.317 e. The molecule has 0 saturated carbocycles. The van der Waals surface area contributed by atoms with Crippen molar-refractivity contribution >= 4 is 12.4 Å². The van der Waals surface area contributed by atoms with Crippen molar-refractivity contribution in [1.82, 2.24) is 10.6 Å². The molecular formula is C14H29ClN2. The van der Waals surface area contributed by atoms with Crippen molar-refractivity contribution in [2.24, 2.45) is 11.8 Å². The Labute approximate surface area is 113 Å². The van der Waals surface area contributed by atoms with Gasteiger partial charge in [0.25, 0.3) is 0 Å². The highest BCUT2D eigenvalue weighted by Crippen LogP contribution is 2.23. The van der Waals surface area contributed by atoms with Gasteiger partial charge >= 0.3 is 0 Å². The third-order valence-corrected chi connectivity index (χ3v) is 4.39. The van der Waals surface area contributed by atoms with Gasteiger partial charge in [-0.15, -0.1) is 12.4 Å². The van der Waals surface area contributed by atoms with Crippen LogP contribution in [0, 0.1) is 11.8 Å². The van der Waals surface area contributed by atoms with Crippen molar-refractivity contribution < 1.29 is 0 Å². The van der Waals surface area contributed by atoms with Crippen LogP contribution in [0.4, 0.5) is 0 Å². The van der Waals surface area contributed by atoms with E-state index in [9.17, 15) is 0 Å². The zero-order valence-electron chi connectivity index (χ0n) is 11.0. The van der Waals surface area contributed by atoms with Crippen molar-refractivity contribution in [3.8, 4) is 0 Å². The summed E-state index contributed by atoms with van der Waals surface area (Å²) in [4.78, 5) is 0. The van der Waals surface area contributed by atoms with E-state index >= 15 is 0 Å². The Morgan fingerprint density at radius 3 is 1.35 bits per heavy atom. The van der Waals surface area contributed by atoms with Gasteiger partial charge in [0, 0.05) is 0 Å². The summed E-state index contributed by atoms with van der Waals surface area (Å²) in [5.41, 5.74) is 0. The molecule has 0 aromatic heterocycles. The van der Waals surface area contributed by atoms with Gasteiger partial charge in [-0.05, 0) is 63.7 Å². The van der Waals surface area contributed by atoms with E-state index in [4.69, 9.17) is 0 Å². The fourth-order valence-corrected chi connectivity index (χ4v) is 3.21. The normalized spacial score (nSPS) is 23.3. The Balaban J connectivity index is 0.00000144. The van der Waals surface area contributed by atoms with Crippen LogP contribution in [0.1, 0.15) is 51.4 Å². The predicted molar refractivity (Wildman–Crippen MR) is 76.9 cm³/mol. The van der Waals surface area contributed by atoms with E-state index in [1.807, 2.05) is 0 Å². The number of hydrogen-bond acceptors (Lipinski definition) is 2. The van der Waals surface area contributed by atoms with Crippen molar-refractivity contribution in [2.75, 3.05) is 26.2 Å². The van der Waals surface area contributed by atoms with E-state index in [-0.39, 0.29) is 12.4 Å². The molecule has 2 heterocycles. The lowest BCUT2D eigenvalue weighted by Gasteiger charge is -2.24. The molecule has 17 heavy (non-hydrogen) atoms. The van der Waals surface area contributed by atoms with Gasteiger partial charge in [0.15, 0.2) is 0 Å². The first-order valence-electron chi connectivity index (χ1n) is 7.36. The summed E-state index contributed by atoms with van der Waals surface area (Å²) in [6.45, 7) is 5.05. The molecule has 0 atom stereocenters. The second kappa shape index (κ2) is 9.18. The van der Waals surface area contributed by atoms with Crippen LogP contribution in [0.15, 0.2) is 0 Å². The van der Waals surface area contributed by atoms with E-state index in [0.717, 1.165) is 11.8 Å². The first-order valence-corrected chi connectivity index (χ1v) is 7.36. The lowest BCUT2D eigenvalue weighted by molar-refractivity contribution is 0.316. The summed E-state index contributed by atoms with van der Waals surface area (Å²) >= 11 is 0. The van der Waals surface area contributed by atoms with Gasteiger partial charge in [-0.25, -0.2) is 0 Å². The molecule has 0 amide bonds. The zero-order chi connectivity index (χ0) is 11.1. The lowest BCUT2D eigenvalue weighted by atomic mass is 9.89. The number of halogens is 1. The minimum absolute atomic E-state index is 0. The highest BCUT2D eigenvalue weighted by molar-refractivity contribution is 5.85. The van der Waals surface area contributed by atoms with Crippen LogP contribution < -0.4 is 10.6 Å². The summed E-state index contributed by atoms with van der Waals surface area (Å²) in [5.74, 6) is 2.07. The maximum atomic E-state index is 3.45. The topological polar surface area (TPSA) is 24.1 Å². The standard InChI is InChI=1S/C14H28N2.ClH/c1(3-13-5-9-15-10-6-13)2-4-14-7-11-16-12-8-14;/h13-16H,1-12H2;1H. The summed E-state index contributed by atoms with van der Waals surface area (Å²) in [6.07, 6.45) is 11.6. The minimum atomic E-state index is 0. The van der Waals surface area contributed by atoms with E-state index in [1.54, 1.807) is 0 Å². The Morgan fingerprint density at radius 1 is 0.647 bits per heavy atom.